The van der Waals surface area contributed by atoms with Gasteiger partial charge in [-0.2, -0.15) is 0 Å². The largest absolute Gasteiger partial charge is 0.359 e. The molecule has 0 saturated carbocycles. The second kappa shape index (κ2) is 5.73. The number of aliphatic imine (C=N–C) groups is 2. The molecule has 0 aromatic heterocycles. The van der Waals surface area contributed by atoms with Gasteiger partial charge in [-0.05, 0) is 12.5 Å². The van der Waals surface area contributed by atoms with Crippen LogP contribution in [0.3, 0.4) is 0 Å². The van der Waals surface area contributed by atoms with Crippen molar-refractivity contribution < 1.29 is 0 Å². The van der Waals surface area contributed by atoms with Crippen LogP contribution in [0.4, 0.5) is 0 Å². The van der Waals surface area contributed by atoms with Crippen molar-refractivity contribution in [3.63, 3.8) is 0 Å². The van der Waals surface area contributed by atoms with Crippen LogP contribution in [0.2, 0.25) is 0 Å². The number of hydrogen-bond acceptors (Lipinski definition) is 5. The fourth-order valence-electron chi connectivity index (χ4n) is 2.16. The molecule has 2 rings (SSSR count). The minimum absolute atomic E-state index is 0.0492. The van der Waals surface area contributed by atoms with Gasteiger partial charge in [0, 0.05) is 27.7 Å². The van der Waals surface area contributed by atoms with Crippen molar-refractivity contribution in [3.8, 4) is 0 Å². The molecule has 1 unspecified atom stereocenters. The van der Waals surface area contributed by atoms with Crippen molar-refractivity contribution in [2.75, 3.05) is 21.1 Å². The fraction of sp³-hybridized carbons (Fsp3) is 0.429. The van der Waals surface area contributed by atoms with E-state index in [4.69, 9.17) is 0 Å². The SMILES string of the molecule is CNC1=NC(C)N=C(N(C)Cc2ccccc2)N1C. The fourth-order valence-corrected chi connectivity index (χ4v) is 2.16. The number of guanidine groups is 2. The summed E-state index contributed by atoms with van der Waals surface area (Å²) in [5.74, 6) is 1.77. The second-order valence-electron chi connectivity index (χ2n) is 4.66. The van der Waals surface area contributed by atoms with E-state index in [9.17, 15) is 0 Å². The van der Waals surface area contributed by atoms with Crippen LogP contribution in [0.1, 0.15) is 12.5 Å². The van der Waals surface area contributed by atoms with E-state index in [-0.39, 0.29) is 6.17 Å². The lowest BCUT2D eigenvalue weighted by atomic mass is 10.2. The first-order chi connectivity index (χ1) is 9.11. The molecule has 19 heavy (non-hydrogen) atoms. The summed E-state index contributed by atoms with van der Waals surface area (Å²) in [5.41, 5.74) is 1.27. The molecular weight excluding hydrogens is 238 g/mol. The molecule has 1 atom stereocenters. The van der Waals surface area contributed by atoms with Crippen LogP contribution in [0, 0.1) is 0 Å². The summed E-state index contributed by atoms with van der Waals surface area (Å²) in [4.78, 5) is 13.1. The summed E-state index contributed by atoms with van der Waals surface area (Å²) in [7, 11) is 5.90. The number of nitrogens with one attached hydrogen (secondary N) is 1. The molecule has 0 fully saturated rings. The van der Waals surface area contributed by atoms with Gasteiger partial charge in [-0.25, -0.2) is 9.98 Å². The van der Waals surface area contributed by atoms with E-state index < -0.39 is 0 Å². The Hall–Kier alpha value is -2.04. The molecule has 1 heterocycles. The Kier molecular flexibility index (Phi) is 4.04. The Morgan fingerprint density at radius 2 is 1.95 bits per heavy atom. The highest BCUT2D eigenvalue weighted by Gasteiger charge is 2.22. The highest BCUT2D eigenvalue weighted by atomic mass is 15.5. The second-order valence-corrected chi connectivity index (χ2v) is 4.66. The lowest BCUT2D eigenvalue weighted by molar-refractivity contribution is 0.427. The molecule has 1 aliphatic rings. The van der Waals surface area contributed by atoms with Gasteiger partial charge in [0.1, 0.15) is 6.17 Å². The summed E-state index contributed by atoms with van der Waals surface area (Å²) in [6.07, 6.45) is -0.0492. The van der Waals surface area contributed by atoms with Gasteiger partial charge in [0.05, 0.1) is 0 Å². The van der Waals surface area contributed by atoms with Crippen molar-refractivity contribution in [2.24, 2.45) is 9.98 Å². The van der Waals surface area contributed by atoms with E-state index in [1.807, 2.05) is 39.0 Å². The number of hydrogen-bond donors (Lipinski definition) is 1. The summed E-state index contributed by atoms with van der Waals surface area (Å²) >= 11 is 0. The molecule has 1 aromatic carbocycles. The Morgan fingerprint density at radius 1 is 1.26 bits per heavy atom. The van der Waals surface area contributed by atoms with E-state index >= 15 is 0 Å². The third-order valence-corrected chi connectivity index (χ3v) is 3.06. The monoisotopic (exact) mass is 259 g/mol. The number of rotatable bonds is 2. The first kappa shape index (κ1) is 13.4. The lowest BCUT2D eigenvalue weighted by Gasteiger charge is -2.33. The standard InChI is InChI=1S/C14H21N5/c1-11-16-13(15-2)19(4)14(17-11)18(3)10-12-8-6-5-7-9-12/h5-9,11H,10H2,1-4H3,(H,15,16). The molecule has 102 valence electrons. The number of benzene rings is 1. The van der Waals surface area contributed by atoms with Crippen LogP contribution in [-0.4, -0.2) is 49.0 Å². The van der Waals surface area contributed by atoms with Gasteiger partial charge in [-0.1, -0.05) is 30.3 Å². The van der Waals surface area contributed by atoms with Gasteiger partial charge in [-0.3, -0.25) is 4.90 Å². The molecule has 0 radical (unpaired) electrons. The highest BCUT2D eigenvalue weighted by Crippen LogP contribution is 2.10. The third kappa shape index (κ3) is 3.05. The summed E-state index contributed by atoms with van der Waals surface area (Å²) in [6, 6.07) is 10.4. The van der Waals surface area contributed by atoms with Crippen molar-refractivity contribution >= 4 is 11.9 Å². The van der Waals surface area contributed by atoms with E-state index in [1.165, 1.54) is 5.56 Å². The Labute approximate surface area is 114 Å². The maximum atomic E-state index is 4.60. The molecule has 0 spiro atoms. The van der Waals surface area contributed by atoms with Crippen molar-refractivity contribution in [1.82, 2.24) is 15.1 Å². The number of nitrogens with zero attached hydrogens (tertiary/aromatic N) is 4. The zero-order valence-electron chi connectivity index (χ0n) is 12.0. The van der Waals surface area contributed by atoms with Crippen molar-refractivity contribution in [1.29, 1.82) is 0 Å². The molecule has 0 aliphatic carbocycles. The minimum atomic E-state index is -0.0492. The van der Waals surface area contributed by atoms with Gasteiger partial charge < -0.3 is 10.2 Å². The molecule has 0 saturated heterocycles. The van der Waals surface area contributed by atoms with E-state index in [0.717, 1.165) is 18.5 Å². The van der Waals surface area contributed by atoms with Crippen molar-refractivity contribution in [2.45, 2.75) is 19.6 Å². The van der Waals surface area contributed by atoms with Crippen LogP contribution in [-0.2, 0) is 6.54 Å². The van der Waals surface area contributed by atoms with E-state index in [2.05, 4.69) is 44.5 Å². The van der Waals surface area contributed by atoms with Crippen LogP contribution < -0.4 is 5.32 Å². The third-order valence-electron chi connectivity index (χ3n) is 3.06. The molecule has 5 heteroatoms. The Balaban J connectivity index is 2.13. The zero-order valence-corrected chi connectivity index (χ0v) is 12.0. The average molecular weight is 259 g/mol. The van der Waals surface area contributed by atoms with Gasteiger partial charge in [0.25, 0.3) is 0 Å². The van der Waals surface area contributed by atoms with E-state index in [0.29, 0.717) is 0 Å². The molecule has 1 aliphatic heterocycles. The Morgan fingerprint density at radius 3 is 2.58 bits per heavy atom. The molecule has 0 bridgehead atoms. The van der Waals surface area contributed by atoms with Gasteiger partial charge in [-0.15, -0.1) is 0 Å². The average Bonchev–Trinajstić information content (AvgIpc) is 2.42. The summed E-state index contributed by atoms with van der Waals surface area (Å²) in [5, 5.41) is 3.10. The molecule has 1 N–H and O–H groups in total. The molecule has 0 amide bonds. The maximum absolute atomic E-state index is 4.60. The lowest BCUT2D eigenvalue weighted by Crippen LogP contribution is -2.50. The zero-order chi connectivity index (χ0) is 13.8. The van der Waals surface area contributed by atoms with Crippen LogP contribution in [0.5, 0.6) is 0 Å². The van der Waals surface area contributed by atoms with Crippen LogP contribution >= 0.6 is 0 Å². The predicted molar refractivity (Wildman–Crippen MR) is 79.1 cm³/mol. The normalized spacial score (nSPS) is 18.7. The maximum Gasteiger partial charge on any atom is 0.205 e. The van der Waals surface area contributed by atoms with Gasteiger partial charge >= 0.3 is 0 Å². The van der Waals surface area contributed by atoms with Crippen molar-refractivity contribution in [3.05, 3.63) is 35.9 Å². The Bertz CT molecular complexity index is 480. The molecular formula is C14H21N5. The summed E-state index contributed by atoms with van der Waals surface area (Å²) < 4.78 is 0. The first-order valence-corrected chi connectivity index (χ1v) is 6.44. The summed E-state index contributed by atoms with van der Waals surface area (Å²) in [6.45, 7) is 2.81. The predicted octanol–water partition coefficient (Wildman–Crippen LogP) is 1.34. The topological polar surface area (TPSA) is 43.2 Å². The smallest absolute Gasteiger partial charge is 0.205 e. The first-order valence-electron chi connectivity index (χ1n) is 6.44. The van der Waals surface area contributed by atoms with Gasteiger partial charge in [0.15, 0.2) is 0 Å². The molecule has 1 aromatic rings. The quantitative estimate of drug-likeness (QED) is 0.871. The minimum Gasteiger partial charge on any atom is -0.359 e. The van der Waals surface area contributed by atoms with E-state index in [1.54, 1.807) is 0 Å². The van der Waals surface area contributed by atoms with Crippen LogP contribution in [0.15, 0.2) is 40.3 Å². The molecule has 5 nitrogen and oxygen atoms in total. The highest BCUT2D eigenvalue weighted by molar-refractivity contribution is 5.99. The van der Waals surface area contributed by atoms with Gasteiger partial charge in [0.2, 0.25) is 11.9 Å². The van der Waals surface area contributed by atoms with Crippen LogP contribution in [0.25, 0.3) is 0 Å².